The molecule has 0 bridgehead atoms. The molecule has 0 spiro atoms. The molecule has 0 saturated carbocycles. The summed E-state index contributed by atoms with van der Waals surface area (Å²) in [6.45, 7) is 2.25. The number of carbonyl (C=O) groups is 1. The fourth-order valence-electron chi connectivity index (χ4n) is 2.57. The molecule has 0 saturated heterocycles. The van der Waals surface area contributed by atoms with E-state index in [1.807, 2.05) is 31.2 Å². The second-order valence-electron chi connectivity index (χ2n) is 6.20. The summed E-state index contributed by atoms with van der Waals surface area (Å²) < 4.78 is 25.0. The van der Waals surface area contributed by atoms with Crippen LogP contribution in [0.25, 0.3) is 11.3 Å². The molecule has 2 heterocycles. The molecular formula is C21H16FN3O3S. The number of halogens is 1. The van der Waals surface area contributed by atoms with Gasteiger partial charge in [-0.3, -0.25) is 10.1 Å². The summed E-state index contributed by atoms with van der Waals surface area (Å²) in [6.07, 6.45) is 0. The third-order valence-corrected chi connectivity index (χ3v) is 4.85. The number of ether oxygens (including phenoxy) is 1. The molecule has 2 aromatic carbocycles. The first-order valence-electron chi connectivity index (χ1n) is 8.76. The highest BCUT2D eigenvalue weighted by molar-refractivity contribution is 7.15. The Morgan fingerprint density at radius 1 is 1.10 bits per heavy atom. The predicted molar refractivity (Wildman–Crippen MR) is 107 cm³/mol. The van der Waals surface area contributed by atoms with Crippen molar-refractivity contribution >= 4 is 22.4 Å². The molecule has 1 amide bonds. The quantitative estimate of drug-likeness (QED) is 0.481. The average Bonchev–Trinajstić information content (AvgIpc) is 3.38. The third kappa shape index (κ3) is 4.49. The number of amides is 1. The molecule has 0 fully saturated rings. The zero-order valence-electron chi connectivity index (χ0n) is 15.4. The van der Waals surface area contributed by atoms with Gasteiger partial charge in [-0.25, -0.2) is 4.39 Å². The number of anilines is 1. The Bertz CT molecular complexity index is 1140. The van der Waals surface area contributed by atoms with Gasteiger partial charge in [-0.05, 0) is 43.3 Å². The van der Waals surface area contributed by atoms with Gasteiger partial charge in [-0.2, -0.15) is 0 Å². The summed E-state index contributed by atoms with van der Waals surface area (Å²) in [5, 5.41) is 11.5. The minimum absolute atomic E-state index is 0.0518. The second kappa shape index (κ2) is 8.24. The second-order valence-corrected chi connectivity index (χ2v) is 7.26. The van der Waals surface area contributed by atoms with Gasteiger partial charge in [-0.1, -0.05) is 41.2 Å². The van der Waals surface area contributed by atoms with Crippen molar-refractivity contribution in [3.63, 3.8) is 0 Å². The molecule has 2 aromatic heterocycles. The van der Waals surface area contributed by atoms with Crippen LogP contribution in [0.2, 0.25) is 0 Å². The molecule has 1 N–H and O–H groups in total. The fourth-order valence-corrected chi connectivity index (χ4v) is 3.21. The van der Waals surface area contributed by atoms with E-state index in [1.54, 1.807) is 24.3 Å². The lowest BCUT2D eigenvalue weighted by Crippen LogP contribution is -2.10. The fraction of sp³-hybridized carbons (Fsp3) is 0.0952. The summed E-state index contributed by atoms with van der Waals surface area (Å²) in [4.78, 5) is 12.4. The number of carbonyl (C=O) groups excluding carboxylic acids is 1. The third-order valence-electron chi connectivity index (χ3n) is 4.04. The topological polar surface area (TPSA) is 77.3 Å². The highest BCUT2D eigenvalue weighted by Gasteiger charge is 2.16. The summed E-state index contributed by atoms with van der Waals surface area (Å²) in [5.74, 6) is 0.146. The van der Waals surface area contributed by atoms with Crippen molar-refractivity contribution in [3.8, 4) is 17.1 Å². The smallest absolute Gasteiger partial charge is 0.293 e. The van der Waals surface area contributed by atoms with Crippen molar-refractivity contribution in [2.75, 3.05) is 5.32 Å². The van der Waals surface area contributed by atoms with E-state index in [0.29, 0.717) is 10.1 Å². The zero-order valence-corrected chi connectivity index (χ0v) is 16.2. The van der Waals surface area contributed by atoms with E-state index >= 15 is 0 Å². The molecule has 0 aliphatic heterocycles. The number of aromatic nitrogens is 2. The summed E-state index contributed by atoms with van der Waals surface area (Å²) in [5.41, 5.74) is 1.44. The Morgan fingerprint density at radius 3 is 2.69 bits per heavy atom. The lowest BCUT2D eigenvalue weighted by Gasteiger charge is -2.03. The van der Waals surface area contributed by atoms with Gasteiger partial charge in [0.2, 0.25) is 5.13 Å². The summed E-state index contributed by atoms with van der Waals surface area (Å²) in [7, 11) is 0. The van der Waals surface area contributed by atoms with Crippen molar-refractivity contribution in [1.82, 2.24) is 10.2 Å². The van der Waals surface area contributed by atoms with Crippen LogP contribution in [0.15, 0.2) is 65.1 Å². The summed E-state index contributed by atoms with van der Waals surface area (Å²) in [6, 6.07) is 16.9. The van der Waals surface area contributed by atoms with E-state index in [1.165, 1.54) is 23.5 Å². The maximum absolute atomic E-state index is 13.9. The first kappa shape index (κ1) is 18.8. The lowest BCUT2D eigenvalue weighted by atomic mass is 10.1. The van der Waals surface area contributed by atoms with Gasteiger partial charge in [0.1, 0.15) is 23.9 Å². The lowest BCUT2D eigenvalue weighted by molar-refractivity contribution is 0.0997. The SMILES string of the molecule is Cc1ccc(OCc2nnc(NC(=O)c3ccc(-c4ccccc4F)o3)s2)cc1. The predicted octanol–water partition coefficient (Wildman–Crippen LogP) is 5.08. The number of rotatable bonds is 6. The van der Waals surface area contributed by atoms with Crippen LogP contribution in [-0.4, -0.2) is 16.1 Å². The first-order chi connectivity index (χ1) is 14.1. The molecule has 8 heteroatoms. The van der Waals surface area contributed by atoms with Crippen LogP contribution >= 0.6 is 11.3 Å². The zero-order chi connectivity index (χ0) is 20.2. The number of aryl methyl sites for hydroxylation is 1. The van der Waals surface area contributed by atoms with Gasteiger partial charge < -0.3 is 9.15 Å². The molecule has 0 unspecified atom stereocenters. The maximum atomic E-state index is 13.9. The van der Waals surface area contributed by atoms with Crippen molar-refractivity contribution in [3.05, 3.63) is 82.8 Å². The van der Waals surface area contributed by atoms with Crippen LogP contribution in [-0.2, 0) is 6.61 Å². The van der Waals surface area contributed by atoms with Crippen molar-refractivity contribution in [1.29, 1.82) is 0 Å². The standard InChI is InChI=1S/C21H16FN3O3S/c1-13-6-8-14(9-7-13)27-12-19-24-25-21(29-19)23-20(26)18-11-10-17(28-18)15-4-2-3-5-16(15)22/h2-11H,12H2,1H3,(H,23,25,26). The normalized spacial score (nSPS) is 10.7. The van der Waals surface area contributed by atoms with Gasteiger partial charge in [0, 0.05) is 0 Å². The molecule has 29 heavy (non-hydrogen) atoms. The highest BCUT2D eigenvalue weighted by atomic mass is 32.1. The molecule has 4 rings (SSSR count). The number of nitrogens with one attached hydrogen (secondary N) is 1. The van der Waals surface area contributed by atoms with Crippen LogP contribution in [0.5, 0.6) is 5.75 Å². The van der Waals surface area contributed by atoms with E-state index in [0.717, 1.165) is 11.3 Å². The Labute approximate surface area is 170 Å². The van der Waals surface area contributed by atoms with Crippen LogP contribution in [0, 0.1) is 12.7 Å². The van der Waals surface area contributed by atoms with E-state index in [4.69, 9.17) is 9.15 Å². The van der Waals surface area contributed by atoms with Gasteiger partial charge in [0.15, 0.2) is 10.8 Å². The maximum Gasteiger partial charge on any atom is 0.293 e. The van der Waals surface area contributed by atoms with E-state index in [-0.39, 0.29) is 23.7 Å². The number of benzene rings is 2. The minimum Gasteiger partial charge on any atom is -0.486 e. The Hall–Kier alpha value is -3.52. The Morgan fingerprint density at radius 2 is 1.90 bits per heavy atom. The molecule has 4 aromatic rings. The molecular weight excluding hydrogens is 393 g/mol. The van der Waals surface area contributed by atoms with Gasteiger partial charge in [-0.15, -0.1) is 10.2 Å². The van der Waals surface area contributed by atoms with Crippen molar-refractivity contribution < 1.29 is 18.3 Å². The molecule has 0 atom stereocenters. The molecule has 0 radical (unpaired) electrons. The Kier molecular flexibility index (Phi) is 5.35. The van der Waals surface area contributed by atoms with Crippen LogP contribution in [0.4, 0.5) is 9.52 Å². The first-order valence-corrected chi connectivity index (χ1v) is 9.58. The molecule has 6 nitrogen and oxygen atoms in total. The number of furan rings is 1. The highest BCUT2D eigenvalue weighted by Crippen LogP contribution is 2.25. The van der Waals surface area contributed by atoms with Crippen molar-refractivity contribution in [2.24, 2.45) is 0 Å². The number of nitrogens with zero attached hydrogens (tertiary/aromatic N) is 2. The molecule has 146 valence electrons. The monoisotopic (exact) mass is 409 g/mol. The van der Waals surface area contributed by atoms with Gasteiger partial charge >= 0.3 is 0 Å². The summed E-state index contributed by atoms with van der Waals surface area (Å²) >= 11 is 1.20. The van der Waals surface area contributed by atoms with Crippen LogP contribution in [0.3, 0.4) is 0 Å². The van der Waals surface area contributed by atoms with E-state index in [9.17, 15) is 9.18 Å². The minimum atomic E-state index is -0.491. The Balaban J connectivity index is 1.38. The van der Waals surface area contributed by atoms with E-state index in [2.05, 4.69) is 15.5 Å². The van der Waals surface area contributed by atoms with Crippen LogP contribution in [0.1, 0.15) is 21.1 Å². The van der Waals surface area contributed by atoms with Crippen molar-refractivity contribution in [2.45, 2.75) is 13.5 Å². The van der Waals surface area contributed by atoms with Gasteiger partial charge in [0.05, 0.1) is 5.56 Å². The number of hydrogen-bond donors (Lipinski definition) is 1. The van der Waals surface area contributed by atoms with Gasteiger partial charge in [0.25, 0.3) is 5.91 Å². The largest absolute Gasteiger partial charge is 0.486 e. The number of hydrogen-bond acceptors (Lipinski definition) is 6. The van der Waals surface area contributed by atoms with Crippen LogP contribution < -0.4 is 10.1 Å². The molecule has 0 aliphatic carbocycles. The van der Waals surface area contributed by atoms with E-state index < -0.39 is 11.7 Å². The average molecular weight is 409 g/mol. The molecule has 0 aliphatic rings.